The predicted octanol–water partition coefficient (Wildman–Crippen LogP) is 2.79. The van der Waals surface area contributed by atoms with Gasteiger partial charge in [-0.2, -0.15) is 0 Å². The van der Waals surface area contributed by atoms with Crippen LogP contribution in [0.1, 0.15) is 5.56 Å². The molecule has 100 valence electrons. The van der Waals surface area contributed by atoms with Crippen LogP contribution in [0.2, 0.25) is 5.02 Å². The molecule has 0 heterocycles. The van der Waals surface area contributed by atoms with E-state index in [1.165, 1.54) is 5.56 Å². The number of halogens is 1. The first kappa shape index (κ1) is 13.9. The molecule has 3 N–H and O–H groups in total. The molecule has 19 heavy (non-hydrogen) atoms. The van der Waals surface area contributed by atoms with Crippen molar-refractivity contribution in [2.45, 2.75) is 12.5 Å². The van der Waals surface area contributed by atoms with Gasteiger partial charge in [0.15, 0.2) is 0 Å². The lowest BCUT2D eigenvalue weighted by Crippen LogP contribution is -2.41. The lowest BCUT2D eigenvalue weighted by atomic mass is 10.1. The van der Waals surface area contributed by atoms with Crippen LogP contribution in [0, 0.1) is 0 Å². The van der Waals surface area contributed by atoms with Gasteiger partial charge in [-0.05, 0) is 36.2 Å². The summed E-state index contributed by atoms with van der Waals surface area (Å²) in [5.74, 6) is 6.40. The van der Waals surface area contributed by atoms with Gasteiger partial charge in [-0.15, -0.1) is 0 Å². The number of hydrogen-bond donors (Lipinski definition) is 2. The summed E-state index contributed by atoms with van der Waals surface area (Å²) in [6.45, 7) is 0.517. The normalized spacial score (nSPS) is 12.1. The van der Waals surface area contributed by atoms with Crippen LogP contribution < -0.4 is 16.0 Å². The van der Waals surface area contributed by atoms with E-state index in [9.17, 15) is 0 Å². The monoisotopic (exact) mass is 276 g/mol. The highest BCUT2D eigenvalue weighted by Crippen LogP contribution is 2.12. The Balaban J connectivity index is 1.88. The second-order valence-electron chi connectivity index (χ2n) is 4.32. The SMILES string of the molecule is NNC(COc1ccccc1)Cc1ccc(Cl)cc1. The third-order valence-electron chi connectivity index (χ3n) is 2.83. The molecule has 4 heteroatoms. The third-order valence-corrected chi connectivity index (χ3v) is 3.08. The van der Waals surface area contributed by atoms with Crippen molar-refractivity contribution in [1.29, 1.82) is 0 Å². The molecule has 2 aromatic rings. The van der Waals surface area contributed by atoms with Gasteiger partial charge in [-0.1, -0.05) is 41.9 Å². The van der Waals surface area contributed by atoms with Gasteiger partial charge in [0.25, 0.3) is 0 Å². The maximum Gasteiger partial charge on any atom is 0.119 e. The Labute approximate surface area is 118 Å². The van der Waals surface area contributed by atoms with Crippen LogP contribution in [0.4, 0.5) is 0 Å². The van der Waals surface area contributed by atoms with Crippen molar-refractivity contribution in [3.05, 3.63) is 65.2 Å². The Hall–Kier alpha value is -1.55. The van der Waals surface area contributed by atoms with E-state index in [-0.39, 0.29) is 6.04 Å². The van der Waals surface area contributed by atoms with E-state index in [4.69, 9.17) is 22.2 Å². The number of nitrogens with one attached hydrogen (secondary N) is 1. The predicted molar refractivity (Wildman–Crippen MR) is 78.2 cm³/mol. The van der Waals surface area contributed by atoms with E-state index in [0.717, 1.165) is 17.2 Å². The second-order valence-corrected chi connectivity index (χ2v) is 4.75. The van der Waals surface area contributed by atoms with E-state index in [1.807, 2.05) is 54.6 Å². The molecule has 3 nitrogen and oxygen atoms in total. The minimum atomic E-state index is 0.0568. The van der Waals surface area contributed by atoms with Crippen LogP contribution >= 0.6 is 11.6 Å². The number of ether oxygens (including phenoxy) is 1. The summed E-state index contributed by atoms with van der Waals surface area (Å²) in [5, 5.41) is 0.738. The fraction of sp³-hybridized carbons (Fsp3) is 0.200. The summed E-state index contributed by atoms with van der Waals surface area (Å²) >= 11 is 5.86. The lowest BCUT2D eigenvalue weighted by molar-refractivity contribution is 0.264. The Morgan fingerprint density at radius 1 is 1.05 bits per heavy atom. The summed E-state index contributed by atoms with van der Waals surface area (Å²) in [7, 11) is 0. The van der Waals surface area contributed by atoms with E-state index in [2.05, 4.69) is 5.43 Å². The minimum Gasteiger partial charge on any atom is -0.492 e. The van der Waals surface area contributed by atoms with E-state index in [1.54, 1.807) is 0 Å². The van der Waals surface area contributed by atoms with Crippen LogP contribution in [0.15, 0.2) is 54.6 Å². The molecular weight excluding hydrogens is 260 g/mol. The average molecular weight is 277 g/mol. The Morgan fingerprint density at radius 3 is 2.37 bits per heavy atom. The minimum absolute atomic E-state index is 0.0568. The molecule has 0 aliphatic heterocycles. The molecule has 2 rings (SSSR count). The van der Waals surface area contributed by atoms with Crippen LogP contribution in [-0.4, -0.2) is 12.6 Å². The maximum atomic E-state index is 5.86. The zero-order chi connectivity index (χ0) is 13.5. The summed E-state index contributed by atoms with van der Waals surface area (Å²) in [6.07, 6.45) is 0.792. The largest absolute Gasteiger partial charge is 0.492 e. The quantitative estimate of drug-likeness (QED) is 0.630. The number of para-hydroxylation sites is 1. The first-order valence-electron chi connectivity index (χ1n) is 6.16. The molecule has 0 bridgehead atoms. The molecular formula is C15H17ClN2O. The number of hydrogen-bond acceptors (Lipinski definition) is 3. The third kappa shape index (κ3) is 4.56. The topological polar surface area (TPSA) is 47.3 Å². The molecule has 1 unspecified atom stereocenters. The number of hydrazine groups is 1. The van der Waals surface area contributed by atoms with Crippen molar-refractivity contribution in [2.24, 2.45) is 5.84 Å². The fourth-order valence-corrected chi connectivity index (χ4v) is 1.91. The van der Waals surface area contributed by atoms with Gasteiger partial charge in [0.1, 0.15) is 12.4 Å². The fourth-order valence-electron chi connectivity index (χ4n) is 1.78. The van der Waals surface area contributed by atoms with Gasteiger partial charge < -0.3 is 4.74 Å². The highest BCUT2D eigenvalue weighted by molar-refractivity contribution is 6.30. The van der Waals surface area contributed by atoms with Crippen LogP contribution in [0.5, 0.6) is 5.75 Å². The highest BCUT2D eigenvalue weighted by atomic mass is 35.5. The maximum absolute atomic E-state index is 5.86. The highest BCUT2D eigenvalue weighted by Gasteiger charge is 2.08. The number of nitrogens with two attached hydrogens (primary N) is 1. The molecule has 0 fully saturated rings. The molecule has 2 aromatic carbocycles. The molecule has 0 radical (unpaired) electrons. The van der Waals surface area contributed by atoms with Gasteiger partial charge in [0, 0.05) is 5.02 Å². The molecule has 0 spiro atoms. The van der Waals surface area contributed by atoms with E-state index < -0.39 is 0 Å². The molecule has 0 aliphatic carbocycles. The zero-order valence-corrected chi connectivity index (χ0v) is 11.3. The first-order valence-corrected chi connectivity index (χ1v) is 6.54. The van der Waals surface area contributed by atoms with Gasteiger partial charge in [0.05, 0.1) is 6.04 Å². The summed E-state index contributed by atoms with van der Waals surface area (Å²) in [4.78, 5) is 0. The first-order chi connectivity index (χ1) is 9.28. The summed E-state index contributed by atoms with van der Waals surface area (Å²) in [6, 6.07) is 17.5. The van der Waals surface area contributed by atoms with Crippen molar-refractivity contribution in [1.82, 2.24) is 5.43 Å². The van der Waals surface area contributed by atoms with Gasteiger partial charge >= 0.3 is 0 Å². The van der Waals surface area contributed by atoms with Crippen molar-refractivity contribution >= 4 is 11.6 Å². The molecule has 0 saturated heterocycles. The standard InChI is InChI=1S/C15H17ClN2O/c16-13-8-6-12(7-9-13)10-14(18-17)11-19-15-4-2-1-3-5-15/h1-9,14,18H,10-11,17H2. The summed E-state index contributed by atoms with van der Waals surface area (Å²) < 4.78 is 5.69. The lowest BCUT2D eigenvalue weighted by Gasteiger charge is -2.17. The average Bonchev–Trinajstić information content (AvgIpc) is 2.46. The Bertz CT molecular complexity index is 487. The molecule has 0 amide bonds. The van der Waals surface area contributed by atoms with Gasteiger partial charge in [-0.25, -0.2) is 0 Å². The summed E-state index contributed by atoms with van der Waals surface area (Å²) in [5.41, 5.74) is 3.95. The van der Waals surface area contributed by atoms with E-state index in [0.29, 0.717) is 6.61 Å². The second kappa shape index (κ2) is 7.14. The van der Waals surface area contributed by atoms with Gasteiger partial charge in [0.2, 0.25) is 0 Å². The van der Waals surface area contributed by atoms with Crippen molar-refractivity contribution in [2.75, 3.05) is 6.61 Å². The zero-order valence-electron chi connectivity index (χ0n) is 10.6. The van der Waals surface area contributed by atoms with Crippen LogP contribution in [0.25, 0.3) is 0 Å². The smallest absolute Gasteiger partial charge is 0.119 e. The molecule has 0 saturated carbocycles. The number of benzene rings is 2. The Kier molecular flexibility index (Phi) is 5.21. The van der Waals surface area contributed by atoms with Gasteiger partial charge in [-0.3, -0.25) is 11.3 Å². The van der Waals surface area contributed by atoms with Crippen molar-refractivity contribution in [3.8, 4) is 5.75 Å². The van der Waals surface area contributed by atoms with Crippen LogP contribution in [-0.2, 0) is 6.42 Å². The van der Waals surface area contributed by atoms with E-state index >= 15 is 0 Å². The number of rotatable bonds is 6. The van der Waals surface area contributed by atoms with Crippen molar-refractivity contribution in [3.63, 3.8) is 0 Å². The molecule has 0 aromatic heterocycles. The molecule has 1 atom stereocenters. The van der Waals surface area contributed by atoms with Crippen molar-refractivity contribution < 1.29 is 4.74 Å². The molecule has 0 aliphatic rings. The Morgan fingerprint density at radius 2 is 1.74 bits per heavy atom. The van der Waals surface area contributed by atoms with Crippen LogP contribution in [0.3, 0.4) is 0 Å².